The summed E-state index contributed by atoms with van der Waals surface area (Å²) in [5, 5.41) is 0.485. The van der Waals surface area contributed by atoms with Crippen LogP contribution in [0.15, 0.2) is 42.5 Å². The van der Waals surface area contributed by atoms with E-state index in [0.717, 1.165) is 36.6 Å². The van der Waals surface area contributed by atoms with Crippen molar-refractivity contribution in [2.24, 2.45) is 0 Å². The quantitative estimate of drug-likeness (QED) is 0.770. The lowest BCUT2D eigenvalue weighted by Crippen LogP contribution is -2.50. The molecule has 1 amide bonds. The molecular formula is C19H22ClN3O2. The summed E-state index contributed by atoms with van der Waals surface area (Å²) in [5.74, 6) is 1.66. The molecule has 0 unspecified atom stereocenters. The fourth-order valence-corrected chi connectivity index (χ4v) is 3.09. The first-order valence-electron chi connectivity index (χ1n) is 8.53. The molecule has 0 aliphatic carbocycles. The summed E-state index contributed by atoms with van der Waals surface area (Å²) in [6, 6.07) is 13.4. The highest BCUT2D eigenvalue weighted by atomic mass is 35.5. The fraction of sp³-hybridized carbons (Fsp3) is 0.368. The standard InChI is InChI=1S/C19H22ClN3O2/c1-2-15-6-3-4-7-16(15)25-14-19(24)23-12-10-22(11-13-23)18-9-5-8-17(20)21-18/h3-9H,2,10-14H2,1H3. The average Bonchev–Trinajstić information content (AvgIpc) is 2.66. The predicted octanol–water partition coefficient (Wildman–Crippen LogP) is 3.03. The normalized spacial score (nSPS) is 14.5. The molecule has 1 saturated heterocycles. The average molecular weight is 360 g/mol. The van der Waals surface area contributed by atoms with E-state index in [1.807, 2.05) is 41.3 Å². The van der Waals surface area contributed by atoms with E-state index in [2.05, 4.69) is 16.8 Å². The van der Waals surface area contributed by atoms with Gasteiger partial charge in [-0.1, -0.05) is 42.8 Å². The van der Waals surface area contributed by atoms with E-state index in [-0.39, 0.29) is 12.5 Å². The van der Waals surface area contributed by atoms with Crippen molar-refractivity contribution < 1.29 is 9.53 Å². The minimum Gasteiger partial charge on any atom is -0.483 e. The van der Waals surface area contributed by atoms with Gasteiger partial charge in [-0.05, 0) is 30.2 Å². The lowest BCUT2D eigenvalue weighted by Gasteiger charge is -2.35. The summed E-state index contributed by atoms with van der Waals surface area (Å²) in [7, 11) is 0. The number of pyridine rings is 1. The molecule has 25 heavy (non-hydrogen) atoms. The number of halogens is 1. The van der Waals surface area contributed by atoms with Crippen LogP contribution in [0, 0.1) is 0 Å². The van der Waals surface area contributed by atoms with Crippen LogP contribution >= 0.6 is 11.6 Å². The van der Waals surface area contributed by atoms with Crippen LogP contribution in [-0.2, 0) is 11.2 Å². The molecule has 3 rings (SSSR count). The van der Waals surface area contributed by atoms with Gasteiger partial charge in [0.15, 0.2) is 6.61 Å². The number of benzene rings is 1. The summed E-state index contributed by atoms with van der Waals surface area (Å²) in [5.41, 5.74) is 1.12. The zero-order valence-electron chi connectivity index (χ0n) is 14.3. The molecule has 0 saturated carbocycles. The molecule has 2 aromatic rings. The number of piperazine rings is 1. The number of carbonyl (C=O) groups excluding carboxylic acids is 1. The maximum atomic E-state index is 12.4. The van der Waals surface area contributed by atoms with Crippen LogP contribution in [0.4, 0.5) is 5.82 Å². The lowest BCUT2D eigenvalue weighted by molar-refractivity contribution is -0.133. The Morgan fingerprint density at radius 3 is 2.60 bits per heavy atom. The van der Waals surface area contributed by atoms with Crippen LogP contribution in [0.2, 0.25) is 5.15 Å². The van der Waals surface area contributed by atoms with E-state index in [1.165, 1.54) is 0 Å². The van der Waals surface area contributed by atoms with Crippen LogP contribution in [0.25, 0.3) is 0 Å². The van der Waals surface area contributed by atoms with Crippen molar-refractivity contribution >= 4 is 23.3 Å². The van der Waals surface area contributed by atoms with Crippen LogP contribution in [0.5, 0.6) is 5.75 Å². The third kappa shape index (κ3) is 4.42. The highest BCUT2D eigenvalue weighted by Gasteiger charge is 2.22. The second-order valence-electron chi connectivity index (χ2n) is 5.94. The summed E-state index contributed by atoms with van der Waals surface area (Å²) >= 11 is 5.95. The second-order valence-corrected chi connectivity index (χ2v) is 6.32. The summed E-state index contributed by atoms with van der Waals surface area (Å²) in [6.07, 6.45) is 0.885. The molecule has 1 aromatic carbocycles. The van der Waals surface area contributed by atoms with Crippen molar-refractivity contribution in [1.29, 1.82) is 0 Å². The van der Waals surface area contributed by atoms with Crippen molar-refractivity contribution in [3.05, 3.63) is 53.2 Å². The highest BCUT2D eigenvalue weighted by molar-refractivity contribution is 6.29. The van der Waals surface area contributed by atoms with Gasteiger partial charge in [-0.3, -0.25) is 4.79 Å². The molecule has 1 aliphatic rings. The number of anilines is 1. The number of rotatable bonds is 5. The Balaban J connectivity index is 1.51. The van der Waals surface area contributed by atoms with Crippen LogP contribution in [0.1, 0.15) is 12.5 Å². The van der Waals surface area contributed by atoms with Crippen LogP contribution < -0.4 is 9.64 Å². The third-order valence-electron chi connectivity index (χ3n) is 4.36. The smallest absolute Gasteiger partial charge is 0.260 e. The monoisotopic (exact) mass is 359 g/mol. The van der Waals surface area contributed by atoms with Gasteiger partial charge in [-0.25, -0.2) is 4.98 Å². The molecule has 0 spiro atoms. The SMILES string of the molecule is CCc1ccccc1OCC(=O)N1CCN(c2cccc(Cl)n2)CC1. The Labute approximate surface area is 153 Å². The third-order valence-corrected chi connectivity index (χ3v) is 4.57. The van der Waals surface area contributed by atoms with Crippen molar-refractivity contribution in [3.63, 3.8) is 0 Å². The number of carbonyl (C=O) groups is 1. The molecule has 132 valence electrons. The number of amides is 1. The number of ether oxygens (including phenoxy) is 1. The van der Waals surface area contributed by atoms with Gasteiger partial charge in [0.25, 0.3) is 5.91 Å². The number of hydrogen-bond donors (Lipinski definition) is 0. The molecular weight excluding hydrogens is 338 g/mol. The molecule has 1 fully saturated rings. The Kier molecular flexibility index (Phi) is 5.76. The van der Waals surface area contributed by atoms with Crippen molar-refractivity contribution in [3.8, 4) is 5.75 Å². The number of hydrogen-bond acceptors (Lipinski definition) is 4. The van der Waals surface area contributed by atoms with Crippen LogP contribution in [0.3, 0.4) is 0 Å². The molecule has 0 N–H and O–H groups in total. The van der Waals surface area contributed by atoms with E-state index >= 15 is 0 Å². The lowest BCUT2D eigenvalue weighted by atomic mass is 10.1. The van der Waals surface area contributed by atoms with Crippen LogP contribution in [-0.4, -0.2) is 48.6 Å². The van der Waals surface area contributed by atoms with Gasteiger partial charge < -0.3 is 14.5 Å². The maximum Gasteiger partial charge on any atom is 0.260 e. The van der Waals surface area contributed by atoms with Gasteiger partial charge in [0.1, 0.15) is 16.7 Å². The minimum atomic E-state index is 0.0182. The molecule has 5 nitrogen and oxygen atoms in total. The molecule has 2 heterocycles. The number of aryl methyl sites for hydroxylation is 1. The molecule has 0 bridgehead atoms. The van der Waals surface area contributed by atoms with Gasteiger partial charge >= 0.3 is 0 Å². The van der Waals surface area contributed by atoms with E-state index in [0.29, 0.717) is 18.2 Å². The fourth-order valence-electron chi connectivity index (χ4n) is 2.93. The molecule has 1 aliphatic heterocycles. The Hall–Kier alpha value is -2.27. The minimum absolute atomic E-state index is 0.0182. The first-order chi connectivity index (χ1) is 12.2. The van der Waals surface area contributed by atoms with Gasteiger partial charge in [0.2, 0.25) is 0 Å². The Bertz CT molecular complexity index is 730. The number of nitrogens with zero attached hydrogens (tertiary/aromatic N) is 3. The molecule has 0 radical (unpaired) electrons. The number of aromatic nitrogens is 1. The highest BCUT2D eigenvalue weighted by Crippen LogP contribution is 2.19. The van der Waals surface area contributed by atoms with Gasteiger partial charge in [-0.15, -0.1) is 0 Å². The van der Waals surface area contributed by atoms with Gasteiger partial charge in [0.05, 0.1) is 0 Å². The summed E-state index contributed by atoms with van der Waals surface area (Å²) in [6.45, 7) is 4.95. The van der Waals surface area contributed by atoms with E-state index in [4.69, 9.17) is 16.3 Å². The Morgan fingerprint density at radius 2 is 1.88 bits per heavy atom. The molecule has 6 heteroatoms. The first kappa shape index (κ1) is 17.5. The van der Waals surface area contributed by atoms with Gasteiger partial charge in [0, 0.05) is 26.2 Å². The molecule has 1 aromatic heterocycles. The largest absolute Gasteiger partial charge is 0.483 e. The number of para-hydroxylation sites is 1. The summed E-state index contributed by atoms with van der Waals surface area (Å²) in [4.78, 5) is 20.7. The van der Waals surface area contributed by atoms with E-state index in [1.54, 1.807) is 6.07 Å². The van der Waals surface area contributed by atoms with E-state index in [9.17, 15) is 4.79 Å². The van der Waals surface area contributed by atoms with Gasteiger partial charge in [-0.2, -0.15) is 0 Å². The van der Waals surface area contributed by atoms with E-state index < -0.39 is 0 Å². The topological polar surface area (TPSA) is 45.7 Å². The zero-order chi connectivity index (χ0) is 17.6. The Morgan fingerprint density at radius 1 is 1.12 bits per heavy atom. The maximum absolute atomic E-state index is 12.4. The second kappa shape index (κ2) is 8.21. The summed E-state index contributed by atoms with van der Waals surface area (Å²) < 4.78 is 5.74. The van der Waals surface area contributed by atoms with Crippen molar-refractivity contribution in [2.45, 2.75) is 13.3 Å². The van der Waals surface area contributed by atoms with Crippen molar-refractivity contribution in [2.75, 3.05) is 37.7 Å². The van der Waals surface area contributed by atoms with Crippen molar-refractivity contribution in [1.82, 2.24) is 9.88 Å². The molecule has 0 atom stereocenters. The first-order valence-corrected chi connectivity index (χ1v) is 8.91. The zero-order valence-corrected chi connectivity index (χ0v) is 15.1. The predicted molar refractivity (Wildman–Crippen MR) is 99.4 cm³/mol.